The molecule has 0 fully saturated rings. The first-order chi connectivity index (χ1) is 38.8. The average Bonchev–Trinajstić information content (AvgIpc) is 4.24. The van der Waals surface area contributed by atoms with Crippen LogP contribution < -0.4 is 0 Å². The summed E-state index contributed by atoms with van der Waals surface area (Å²) in [4.78, 5) is 21.4. The van der Waals surface area contributed by atoms with Crippen molar-refractivity contribution in [2.45, 2.75) is 208 Å². The van der Waals surface area contributed by atoms with Crippen molar-refractivity contribution >= 4 is 104 Å². The zero-order valence-electron chi connectivity index (χ0n) is 48.8. The Morgan fingerprint density at radius 3 is 1.51 bits per heavy atom. The Balaban J connectivity index is 0.000000492. The average molecular weight is 1170 g/mol. The van der Waals surface area contributed by atoms with Gasteiger partial charge in [0.25, 0.3) is 0 Å². The molecule has 0 saturated carbocycles. The van der Waals surface area contributed by atoms with E-state index in [1.165, 1.54) is 234 Å². The van der Waals surface area contributed by atoms with Crippen molar-refractivity contribution in [2.24, 2.45) is 0 Å². The minimum atomic E-state index is -0.635. The van der Waals surface area contributed by atoms with E-state index >= 15 is 4.39 Å². The summed E-state index contributed by atoms with van der Waals surface area (Å²) in [5, 5.41) is 5.36. The van der Waals surface area contributed by atoms with Gasteiger partial charge in [-0.1, -0.05) is 243 Å². The van der Waals surface area contributed by atoms with Gasteiger partial charge in [0.15, 0.2) is 5.82 Å². The third-order valence-electron chi connectivity index (χ3n) is 15.0. The second-order valence-electron chi connectivity index (χ2n) is 21.3. The third kappa shape index (κ3) is 16.8. The van der Waals surface area contributed by atoms with Crippen LogP contribution in [0.5, 0.6) is 0 Å². The van der Waals surface area contributed by atoms with Gasteiger partial charge >= 0.3 is 5.97 Å². The number of ether oxygens (including phenoxy) is 1. The van der Waals surface area contributed by atoms with Gasteiger partial charge in [-0.25, -0.2) is 9.18 Å². The maximum atomic E-state index is 16.5. The van der Waals surface area contributed by atoms with E-state index in [1.807, 2.05) is 75.7 Å². The minimum Gasteiger partial charge on any atom is -0.465 e. The fourth-order valence-corrected chi connectivity index (χ4v) is 18.0. The Morgan fingerprint density at radius 2 is 0.937 bits per heavy atom. The largest absolute Gasteiger partial charge is 0.465 e. The molecule has 6 heterocycles. The van der Waals surface area contributed by atoms with Crippen molar-refractivity contribution in [3.8, 4) is 51.5 Å². The maximum absolute atomic E-state index is 16.5. The fourth-order valence-electron chi connectivity index (χ4n) is 10.5. The van der Waals surface area contributed by atoms with E-state index in [0.29, 0.717) is 5.39 Å². The number of halogens is 1. The molecule has 9 rings (SSSR count). The second kappa shape index (κ2) is 33.8. The molecule has 0 bridgehead atoms. The van der Waals surface area contributed by atoms with Crippen molar-refractivity contribution < 1.29 is 13.9 Å². The predicted octanol–water partition coefficient (Wildman–Crippen LogP) is 26.3. The Kier molecular flexibility index (Phi) is 26.8. The Labute approximate surface area is 498 Å². The van der Waals surface area contributed by atoms with Crippen molar-refractivity contribution in [1.82, 2.24) is 0 Å². The summed E-state index contributed by atoms with van der Waals surface area (Å²) >= 11 is 10.4. The number of thiophene rings is 6. The lowest BCUT2D eigenvalue weighted by atomic mass is 9.96. The number of esters is 1. The van der Waals surface area contributed by atoms with Crippen LogP contribution >= 0.6 is 68.0 Å². The summed E-state index contributed by atoms with van der Waals surface area (Å²) in [6.07, 6.45) is 34.5. The molecule has 2 nitrogen and oxygen atoms in total. The highest BCUT2D eigenvalue weighted by atomic mass is 32.1. The molecule has 0 aliphatic heterocycles. The van der Waals surface area contributed by atoms with Crippen LogP contribution in [0.15, 0.2) is 96.4 Å². The van der Waals surface area contributed by atoms with Gasteiger partial charge in [0, 0.05) is 65.9 Å². The highest BCUT2D eigenvalue weighted by Gasteiger charge is 2.30. The number of carbonyl (C=O) groups is 1. The van der Waals surface area contributed by atoms with Crippen molar-refractivity contribution in [3.05, 3.63) is 118 Å². The van der Waals surface area contributed by atoms with Crippen LogP contribution in [0.4, 0.5) is 4.39 Å². The standard InChI is InChI=1S/C54H53FO2S6.2C8H18/c1-4-6-8-10-12-16-26-36-30-31-58-47(36)44-39-32-41(34-22-17-14-18-23-34)60-49(39)43(40-29-28-37(59-40)27-21-13-11-9-7-5-2)38-33-42(61-50(38)44)51-52-45(46(55)53(63-52)54(56)57-3)48(62-51)35-24-19-15-20-25-35;2*1-3-5-7-8-6-4-2/h14-15,17-20,22-25,28-33H,4-13,16,21,26-27H2,1-3H3;2*3-8H2,1-2H3. The molecular weight excluding hydrogens is 1080 g/mol. The number of methoxy groups -OCH3 is 1. The monoisotopic (exact) mass is 1170 g/mol. The van der Waals surface area contributed by atoms with Crippen LogP contribution in [0.25, 0.3) is 81.8 Å². The maximum Gasteiger partial charge on any atom is 0.351 e. The number of hydrogen-bond acceptors (Lipinski definition) is 8. The Hall–Kier alpha value is -3.96. The fraction of sp³-hybridized carbons (Fsp3) is 0.471. The first-order valence-electron chi connectivity index (χ1n) is 30.4. The van der Waals surface area contributed by atoms with Gasteiger partial charge < -0.3 is 4.74 Å². The molecule has 79 heavy (non-hydrogen) atoms. The molecule has 0 spiro atoms. The lowest BCUT2D eigenvalue weighted by molar-refractivity contribution is 0.0602. The summed E-state index contributed by atoms with van der Waals surface area (Å²) in [6, 6.07) is 32.8. The zero-order chi connectivity index (χ0) is 55.8. The molecule has 0 saturated heterocycles. The van der Waals surface area contributed by atoms with E-state index in [9.17, 15) is 4.79 Å². The van der Waals surface area contributed by atoms with Crippen LogP contribution in [-0.4, -0.2) is 13.1 Å². The zero-order valence-corrected chi connectivity index (χ0v) is 53.7. The molecule has 424 valence electrons. The van der Waals surface area contributed by atoms with Gasteiger partial charge in [-0.2, -0.15) is 0 Å². The predicted molar refractivity (Wildman–Crippen MR) is 357 cm³/mol. The molecule has 0 unspecified atom stereocenters. The van der Waals surface area contributed by atoms with E-state index in [1.54, 1.807) is 11.3 Å². The molecule has 0 radical (unpaired) electrons. The highest BCUT2D eigenvalue weighted by Crippen LogP contribution is 2.57. The quantitative estimate of drug-likeness (QED) is 0.0331. The molecule has 0 atom stereocenters. The Morgan fingerprint density at radius 1 is 0.443 bits per heavy atom. The number of benzene rings is 3. The summed E-state index contributed by atoms with van der Waals surface area (Å²) in [5.74, 6) is -1.13. The molecule has 9 heteroatoms. The van der Waals surface area contributed by atoms with Gasteiger partial charge in [0.2, 0.25) is 0 Å². The topological polar surface area (TPSA) is 26.3 Å². The number of hydrogen-bond donors (Lipinski definition) is 0. The lowest BCUT2D eigenvalue weighted by Gasteiger charge is -2.12. The number of rotatable bonds is 30. The van der Waals surface area contributed by atoms with Crippen molar-refractivity contribution in [1.29, 1.82) is 0 Å². The van der Waals surface area contributed by atoms with Gasteiger partial charge in [-0.3, -0.25) is 0 Å². The molecule has 0 N–H and O–H groups in total. The normalized spacial score (nSPS) is 11.4. The summed E-state index contributed by atoms with van der Waals surface area (Å²) in [6.45, 7) is 13.6. The third-order valence-corrected chi connectivity index (χ3v) is 22.2. The van der Waals surface area contributed by atoms with E-state index in [0.717, 1.165) is 37.7 Å². The summed E-state index contributed by atoms with van der Waals surface area (Å²) in [5.41, 5.74) is 6.23. The minimum absolute atomic E-state index is 0.0274. The van der Waals surface area contributed by atoms with Crippen molar-refractivity contribution in [3.63, 3.8) is 0 Å². The van der Waals surface area contributed by atoms with Gasteiger partial charge in [-0.05, 0) is 78.1 Å². The SMILES string of the molecule is CCCCCCCC.CCCCCCCC.CCCCCCCCc1ccc(-c2c3cc(-c4sc(-c5ccccc5)c5c(F)c(C(=O)OC)sc45)sc3c(-c3sccc3CCCCCCCC)c3cc(-c4ccccc4)sc23)s1. The number of aryl methyl sites for hydroxylation is 2. The van der Waals surface area contributed by atoms with E-state index in [-0.39, 0.29) is 4.88 Å². The van der Waals surface area contributed by atoms with E-state index in [4.69, 9.17) is 4.74 Å². The van der Waals surface area contributed by atoms with E-state index < -0.39 is 11.8 Å². The van der Waals surface area contributed by atoms with Crippen LogP contribution in [-0.2, 0) is 17.6 Å². The number of fused-ring (bicyclic) bond motifs is 3. The van der Waals surface area contributed by atoms with Gasteiger partial charge in [-0.15, -0.1) is 68.0 Å². The van der Waals surface area contributed by atoms with E-state index in [2.05, 4.69) is 108 Å². The summed E-state index contributed by atoms with van der Waals surface area (Å²) < 4.78 is 25.0. The van der Waals surface area contributed by atoms with Crippen LogP contribution in [0, 0.1) is 5.82 Å². The molecule has 6 aromatic heterocycles. The smallest absolute Gasteiger partial charge is 0.351 e. The van der Waals surface area contributed by atoms with Gasteiger partial charge in [0.05, 0.1) is 16.7 Å². The number of unbranched alkanes of at least 4 members (excludes halogenated alkanes) is 20. The van der Waals surface area contributed by atoms with Crippen LogP contribution in [0.2, 0.25) is 0 Å². The molecule has 9 aromatic rings. The molecule has 3 aromatic carbocycles. The van der Waals surface area contributed by atoms with Crippen LogP contribution in [0.3, 0.4) is 0 Å². The molecule has 0 aliphatic rings. The highest BCUT2D eigenvalue weighted by molar-refractivity contribution is 7.33. The molecule has 0 aliphatic carbocycles. The Bertz CT molecular complexity index is 3150. The van der Waals surface area contributed by atoms with Crippen LogP contribution in [0.1, 0.15) is 216 Å². The first kappa shape index (κ1) is 62.6. The first-order valence-corrected chi connectivity index (χ1v) is 35.4. The van der Waals surface area contributed by atoms with Gasteiger partial charge in [0.1, 0.15) is 4.88 Å². The summed E-state index contributed by atoms with van der Waals surface area (Å²) in [7, 11) is 1.33. The van der Waals surface area contributed by atoms with Crippen molar-refractivity contribution in [2.75, 3.05) is 7.11 Å². The molecule has 0 amide bonds. The second-order valence-corrected chi connectivity index (χ2v) is 27.5. The lowest BCUT2D eigenvalue weighted by Crippen LogP contribution is -2.00. The molecular formula is C70H89FO2S6. The number of carbonyl (C=O) groups excluding carboxylic acids is 1.